The van der Waals surface area contributed by atoms with Crippen molar-refractivity contribution in [2.24, 2.45) is 0 Å². The van der Waals surface area contributed by atoms with Gasteiger partial charge in [-0.15, -0.1) is 0 Å². The molecule has 88 valence electrons. The fraction of sp³-hybridized carbons (Fsp3) is 0.538. The van der Waals surface area contributed by atoms with Crippen LogP contribution in [0.3, 0.4) is 0 Å². The molecule has 1 aliphatic rings. The van der Waals surface area contributed by atoms with Gasteiger partial charge in [-0.3, -0.25) is 4.90 Å². The highest BCUT2D eigenvalue weighted by atomic mass is 79.9. The monoisotopic (exact) mass is 285 g/mol. The predicted molar refractivity (Wildman–Crippen MR) is 67.9 cm³/mol. The molecule has 3 heteroatoms. The molecule has 1 nitrogen and oxygen atoms in total. The molecule has 0 aliphatic carbocycles. The molecule has 1 fully saturated rings. The van der Waals surface area contributed by atoms with Crippen molar-refractivity contribution in [1.82, 2.24) is 4.90 Å². The Labute approximate surface area is 105 Å². The van der Waals surface area contributed by atoms with E-state index in [4.69, 9.17) is 0 Å². The zero-order chi connectivity index (χ0) is 11.7. The van der Waals surface area contributed by atoms with Gasteiger partial charge >= 0.3 is 0 Å². The Hall–Kier alpha value is -0.410. The Bertz CT molecular complexity index is 392. The SMILES string of the molecule is Cc1cc(Br)c(F)cc1CN1CCCC1C. The normalized spacial score (nSPS) is 21.6. The number of rotatable bonds is 2. The lowest BCUT2D eigenvalue weighted by Gasteiger charge is -2.22. The van der Waals surface area contributed by atoms with E-state index >= 15 is 0 Å². The Kier molecular flexibility index (Phi) is 3.65. The maximum atomic E-state index is 13.5. The lowest BCUT2D eigenvalue weighted by molar-refractivity contribution is 0.259. The van der Waals surface area contributed by atoms with E-state index < -0.39 is 0 Å². The van der Waals surface area contributed by atoms with Crippen LogP contribution in [0.4, 0.5) is 4.39 Å². The van der Waals surface area contributed by atoms with Crippen LogP contribution in [0, 0.1) is 12.7 Å². The van der Waals surface area contributed by atoms with Gasteiger partial charge in [0.15, 0.2) is 0 Å². The van der Waals surface area contributed by atoms with Crippen LogP contribution in [0.1, 0.15) is 30.9 Å². The Morgan fingerprint density at radius 2 is 2.25 bits per heavy atom. The highest BCUT2D eigenvalue weighted by Crippen LogP contribution is 2.24. The number of likely N-dealkylation sites (tertiary alicyclic amines) is 1. The number of benzene rings is 1. The third-order valence-corrected chi connectivity index (χ3v) is 4.05. The van der Waals surface area contributed by atoms with Crippen LogP contribution in [-0.2, 0) is 6.54 Å². The van der Waals surface area contributed by atoms with Crippen LogP contribution in [0.25, 0.3) is 0 Å². The summed E-state index contributed by atoms with van der Waals surface area (Å²) in [7, 11) is 0. The molecule has 0 bridgehead atoms. The van der Waals surface area contributed by atoms with Gasteiger partial charge in [0.1, 0.15) is 5.82 Å². The fourth-order valence-corrected chi connectivity index (χ4v) is 2.76. The van der Waals surface area contributed by atoms with Crippen molar-refractivity contribution in [1.29, 1.82) is 0 Å². The van der Waals surface area contributed by atoms with E-state index in [-0.39, 0.29) is 5.82 Å². The van der Waals surface area contributed by atoms with Crippen molar-refractivity contribution in [2.45, 2.75) is 39.3 Å². The highest BCUT2D eigenvalue weighted by Gasteiger charge is 2.20. The number of hydrogen-bond donors (Lipinski definition) is 0. The van der Waals surface area contributed by atoms with Gasteiger partial charge in [0.2, 0.25) is 0 Å². The summed E-state index contributed by atoms with van der Waals surface area (Å²) in [5.74, 6) is -0.160. The third-order valence-electron chi connectivity index (χ3n) is 3.44. The van der Waals surface area contributed by atoms with Gasteiger partial charge in [-0.25, -0.2) is 4.39 Å². The summed E-state index contributed by atoms with van der Waals surface area (Å²) in [4.78, 5) is 2.43. The maximum Gasteiger partial charge on any atom is 0.137 e. The first-order valence-electron chi connectivity index (χ1n) is 5.76. The average Bonchev–Trinajstić information content (AvgIpc) is 2.61. The Balaban J connectivity index is 2.18. The largest absolute Gasteiger partial charge is 0.296 e. The zero-order valence-corrected chi connectivity index (χ0v) is 11.3. The average molecular weight is 286 g/mol. The van der Waals surface area contributed by atoms with Crippen LogP contribution < -0.4 is 0 Å². The number of halogens is 2. The van der Waals surface area contributed by atoms with Crippen molar-refractivity contribution in [2.75, 3.05) is 6.54 Å². The third kappa shape index (κ3) is 2.46. The minimum Gasteiger partial charge on any atom is -0.296 e. The summed E-state index contributed by atoms with van der Waals surface area (Å²) in [5, 5.41) is 0. The van der Waals surface area contributed by atoms with Crippen LogP contribution in [-0.4, -0.2) is 17.5 Å². The molecular weight excluding hydrogens is 269 g/mol. The molecule has 1 atom stereocenters. The maximum absolute atomic E-state index is 13.5. The second-order valence-corrected chi connectivity index (χ2v) is 5.51. The molecule has 0 amide bonds. The molecule has 1 aromatic rings. The first kappa shape index (κ1) is 12.1. The van der Waals surface area contributed by atoms with E-state index in [0.717, 1.165) is 24.2 Å². The van der Waals surface area contributed by atoms with Crippen molar-refractivity contribution in [3.8, 4) is 0 Å². The summed E-state index contributed by atoms with van der Waals surface area (Å²) in [6, 6.07) is 4.15. The van der Waals surface area contributed by atoms with Gasteiger partial charge in [0.05, 0.1) is 4.47 Å². The molecule has 0 saturated carbocycles. The molecule has 1 aromatic carbocycles. The van der Waals surface area contributed by atoms with Crippen LogP contribution >= 0.6 is 15.9 Å². The summed E-state index contributed by atoms with van der Waals surface area (Å²) < 4.78 is 14.0. The topological polar surface area (TPSA) is 3.24 Å². The number of hydrogen-bond acceptors (Lipinski definition) is 1. The van der Waals surface area contributed by atoms with Crippen molar-refractivity contribution >= 4 is 15.9 Å². The summed E-state index contributed by atoms with van der Waals surface area (Å²) in [6.07, 6.45) is 2.53. The quantitative estimate of drug-likeness (QED) is 0.797. The van der Waals surface area contributed by atoms with Gasteiger partial charge in [0, 0.05) is 12.6 Å². The van der Waals surface area contributed by atoms with E-state index in [9.17, 15) is 4.39 Å². The minimum atomic E-state index is -0.160. The Morgan fingerprint density at radius 1 is 1.50 bits per heavy atom. The number of nitrogens with zero attached hydrogens (tertiary/aromatic N) is 1. The molecule has 1 unspecified atom stereocenters. The Morgan fingerprint density at radius 3 is 2.88 bits per heavy atom. The first-order chi connectivity index (χ1) is 7.58. The van der Waals surface area contributed by atoms with E-state index in [1.165, 1.54) is 12.8 Å². The molecule has 0 radical (unpaired) electrons. The molecule has 1 aliphatic heterocycles. The second kappa shape index (κ2) is 4.84. The van der Waals surface area contributed by atoms with Crippen molar-refractivity contribution in [3.63, 3.8) is 0 Å². The molecule has 16 heavy (non-hydrogen) atoms. The smallest absolute Gasteiger partial charge is 0.137 e. The molecule has 2 rings (SSSR count). The van der Waals surface area contributed by atoms with E-state index in [1.807, 2.05) is 13.0 Å². The van der Waals surface area contributed by atoms with Gasteiger partial charge in [0.25, 0.3) is 0 Å². The second-order valence-electron chi connectivity index (χ2n) is 4.65. The van der Waals surface area contributed by atoms with Crippen LogP contribution in [0.5, 0.6) is 0 Å². The van der Waals surface area contributed by atoms with Gasteiger partial charge in [-0.1, -0.05) is 0 Å². The summed E-state index contributed by atoms with van der Waals surface area (Å²) in [5.41, 5.74) is 2.27. The molecular formula is C13H17BrFN. The first-order valence-corrected chi connectivity index (χ1v) is 6.56. The minimum absolute atomic E-state index is 0.160. The lowest BCUT2D eigenvalue weighted by atomic mass is 10.1. The highest BCUT2D eigenvalue weighted by molar-refractivity contribution is 9.10. The summed E-state index contributed by atoms with van der Waals surface area (Å²) in [6.45, 7) is 6.30. The predicted octanol–water partition coefficient (Wildman–Crippen LogP) is 3.88. The summed E-state index contributed by atoms with van der Waals surface area (Å²) >= 11 is 3.22. The van der Waals surface area contributed by atoms with Gasteiger partial charge < -0.3 is 0 Å². The van der Waals surface area contributed by atoms with Crippen LogP contribution in [0.2, 0.25) is 0 Å². The van der Waals surface area contributed by atoms with Crippen LogP contribution in [0.15, 0.2) is 16.6 Å². The molecule has 1 saturated heterocycles. The van der Waals surface area contributed by atoms with Gasteiger partial charge in [-0.05, 0) is 72.4 Å². The molecule has 0 aromatic heterocycles. The molecule has 1 heterocycles. The molecule has 0 N–H and O–H groups in total. The van der Waals surface area contributed by atoms with E-state index in [2.05, 4.69) is 27.8 Å². The molecule has 0 spiro atoms. The lowest BCUT2D eigenvalue weighted by Crippen LogP contribution is -2.26. The van der Waals surface area contributed by atoms with E-state index in [1.54, 1.807) is 6.07 Å². The fourth-order valence-electron chi connectivity index (χ4n) is 2.30. The number of aryl methyl sites for hydroxylation is 1. The van der Waals surface area contributed by atoms with Gasteiger partial charge in [-0.2, -0.15) is 0 Å². The van der Waals surface area contributed by atoms with Crippen molar-refractivity contribution < 1.29 is 4.39 Å². The standard InChI is InChI=1S/C13H17BrFN/c1-9-6-12(14)13(15)7-11(9)8-16-5-3-4-10(16)2/h6-7,10H,3-5,8H2,1-2H3. The van der Waals surface area contributed by atoms with Crippen molar-refractivity contribution in [3.05, 3.63) is 33.5 Å². The zero-order valence-electron chi connectivity index (χ0n) is 9.76. The van der Waals surface area contributed by atoms with E-state index in [0.29, 0.717) is 10.5 Å².